The molecule has 0 saturated carbocycles. The van der Waals surface area contributed by atoms with Crippen LogP contribution in [0.4, 0.5) is 5.82 Å². The van der Waals surface area contributed by atoms with E-state index >= 15 is 0 Å². The van der Waals surface area contributed by atoms with Crippen molar-refractivity contribution in [1.82, 2.24) is 4.98 Å². The van der Waals surface area contributed by atoms with Crippen LogP contribution in [-0.2, 0) is 14.6 Å². The molecule has 2 N–H and O–H groups in total. The average Bonchev–Trinajstić information content (AvgIpc) is 2.24. The van der Waals surface area contributed by atoms with Gasteiger partial charge in [0.05, 0.1) is 11.7 Å². The maximum Gasteiger partial charge on any atom is 0.309 e. The van der Waals surface area contributed by atoms with Gasteiger partial charge in [-0.3, -0.25) is 4.79 Å². The van der Waals surface area contributed by atoms with Crippen LogP contribution < -0.4 is 5.32 Å². The van der Waals surface area contributed by atoms with Gasteiger partial charge in [0.1, 0.15) is 15.7 Å². The molecule has 0 aliphatic heterocycles. The smallest absolute Gasteiger partial charge is 0.309 e. The molecular weight excluding hydrogens is 244 g/mol. The van der Waals surface area contributed by atoms with Gasteiger partial charge in [-0.05, 0) is 12.1 Å². The molecule has 1 aromatic rings. The first-order valence-corrected chi connectivity index (χ1v) is 7.00. The minimum absolute atomic E-state index is 0.0272. The summed E-state index contributed by atoms with van der Waals surface area (Å²) >= 11 is 0. The normalized spacial score (nSPS) is 13.0. The number of aromatic nitrogens is 1. The molecular formula is C10H14N2O4S. The fourth-order valence-electron chi connectivity index (χ4n) is 1.28. The van der Waals surface area contributed by atoms with Crippen molar-refractivity contribution in [2.75, 3.05) is 23.9 Å². The standard InChI is InChI=1S/C10H14N2O4S/c1-17(15,16)7-8(10(13)14)6-12-9-4-2-3-5-11-9/h2-5,8H,6-7H2,1H3,(H,11,12)(H,13,14). The summed E-state index contributed by atoms with van der Waals surface area (Å²) in [5.74, 6) is -1.99. The zero-order valence-corrected chi connectivity index (χ0v) is 10.1. The highest BCUT2D eigenvalue weighted by atomic mass is 32.2. The Labute approximate surface area is 99.6 Å². The predicted molar refractivity (Wildman–Crippen MR) is 63.6 cm³/mol. The lowest BCUT2D eigenvalue weighted by molar-refractivity contribution is -0.140. The molecule has 6 nitrogen and oxygen atoms in total. The molecule has 0 amide bonds. The minimum atomic E-state index is -3.31. The Morgan fingerprint density at radius 2 is 2.24 bits per heavy atom. The number of rotatable bonds is 6. The summed E-state index contributed by atoms with van der Waals surface area (Å²) in [4.78, 5) is 14.8. The van der Waals surface area contributed by atoms with E-state index in [0.717, 1.165) is 6.26 Å². The number of carbonyl (C=O) groups is 1. The summed E-state index contributed by atoms with van der Waals surface area (Å²) in [7, 11) is -3.31. The van der Waals surface area contributed by atoms with Gasteiger partial charge >= 0.3 is 5.97 Å². The first-order valence-electron chi connectivity index (χ1n) is 4.94. The molecule has 1 atom stereocenters. The Morgan fingerprint density at radius 1 is 1.53 bits per heavy atom. The highest BCUT2D eigenvalue weighted by molar-refractivity contribution is 7.90. The molecule has 17 heavy (non-hydrogen) atoms. The van der Waals surface area contributed by atoms with Gasteiger partial charge in [-0.25, -0.2) is 13.4 Å². The van der Waals surface area contributed by atoms with Gasteiger partial charge < -0.3 is 10.4 Å². The van der Waals surface area contributed by atoms with Crippen LogP contribution in [0.2, 0.25) is 0 Å². The van der Waals surface area contributed by atoms with E-state index in [0.29, 0.717) is 5.82 Å². The Balaban J connectivity index is 2.60. The van der Waals surface area contributed by atoms with Crippen molar-refractivity contribution < 1.29 is 18.3 Å². The van der Waals surface area contributed by atoms with E-state index in [1.165, 1.54) is 0 Å². The number of hydrogen-bond acceptors (Lipinski definition) is 5. The number of pyridine rings is 1. The lowest BCUT2D eigenvalue weighted by Gasteiger charge is -2.12. The van der Waals surface area contributed by atoms with Crippen molar-refractivity contribution in [2.24, 2.45) is 5.92 Å². The van der Waals surface area contributed by atoms with Gasteiger partial charge in [0, 0.05) is 19.0 Å². The number of hydrogen-bond donors (Lipinski definition) is 2. The molecule has 1 rings (SSSR count). The minimum Gasteiger partial charge on any atom is -0.481 e. The second kappa shape index (κ2) is 5.62. The summed E-state index contributed by atoms with van der Waals surface area (Å²) in [6.45, 7) is 0.0272. The van der Waals surface area contributed by atoms with Gasteiger partial charge in [0.15, 0.2) is 0 Å². The van der Waals surface area contributed by atoms with Gasteiger partial charge in [-0.1, -0.05) is 6.07 Å². The average molecular weight is 258 g/mol. The van der Waals surface area contributed by atoms with Crippen LogP contribution in [0, 0.1) is 5.92 Å². The summed E-state index contributed by atoms with van der Waals surface area (Å²) in [5.41, 5.74) is 0. The number of aliphatic carboxylic acids is 1. The summed E-state index contributed by atoms with van der Waals surface area (Å²) in [6, 6.07) is 5.16. The molecule has 0 spiro atoms. The van der Waals surface area contributed by atoms with Crippen LogP contribution in [0.3, 0.4) is 0 Å². The summed E-state index contributed by atoms with van der Waals surface area (Å²) in [6.07, 6.45) is 2.58. The third kappa shape index (κ3) is 5.30. The van der Waals surface area contributed by atoms with E-state index in [2.05, 4.69) is 10.3 Å². The summed E-state index contributed by atoms with van der Waals surface area (Å²) in [5, 5.41) is 11.7. The Kier molecular flexibility index (Phi) is 4.45. The van der Waals surface area contributed by atoms with E-state index in [1.807, 2.05) is 0 Å². The molecule has 0 fully saturated rings. The van der Waals surface area contributed by atoms with Crippen molar-refractivity contribution in [3.8, 4) is 0 Å². The molecule has 1 unspecified atom stereocenters. The number of carboxylic acids is 1. The number of nitrogens with zero attached hydrogens (tertiary/aromatic N) is 1. The van der Waals surface area contributed by atoms with Gasteiger partial charge in [-0.15, -0.1) is 0 Å². The first-order chi connectivity index (χ1) is 7.88. The van der Waals surface area contributed by atoms with Crippen molar-refractivity contribution in [1.29, 1.82) is 0 Å². The van der Waals surface area contributed by atoms with Crippen molar-refractivity contribution >= 4 is 21.6 Å². The van der Waals surface area contributed by atoms with E-state index in [-0.39, 0.29) is 12.3 Å². The van der Waals surface area contributed by atoms with Crippen LogP contribution in [0.1, 0.15) is 0 Å². The maximum atomic E-state index is 11.1. The SMILES string of the molecule is CS(=O)(=O)CC(CNc1ccccn1)C(=O)O. The van der Waals surface area contributed by atoms with Gasteiger partial charge in [0.2, 0.25) is 0 Å². The van der Waals surface area contributed by atoms with Crippen LogP contribution in [0.5, 0.6) is 0 Å². The first kappa shape index (κ1) is 13.4. The van der Waals surface area contributed by atoms with E-state index in [9.17, 15) is 13.2 Å². The van der Waals surface area contributed by atoms with Crippen molar-refractivity contribution in [2.45, 2.75) is 0 Å². The number of nitrogens with one attached hydrogen (secondary N) is 1. The zero-order valence-electron chi connectivity index (χ0n) is 9.33. The van der Waals surface area contributed by atoms with E-state index in [1.54, 1.807) is 24.4 Å². The molecule has 1 heterocycles. The molecule has 0 radical (unpaired) electrons. The van der Waals surface area contributed by atoms with Crippen LogP contribution in [0.15, 0.2) is 24.4 Å². The highest BCUT2D eigenvalue weighted by Crippen LogP contribution is 2.05. The monoisotopic (exact) mass is 258 g/mol. The third-order valence-corrected chi connectivity index (χ3v) is 3.06. The highest BCUT2D eigenvalue weighted by Gasteiger charge is 2.22. The van der Waals surface area contributed by atoms with Crippen molar-refractivity contribution in [3.63, 3.8) is 0 Å². The zero-order chi connectivity index (χ0) is 12.9. The second-order valence-corrected chi connectivity index (χ2v) is 5.91. The number of carboxylic acid groups (broad SMARTS) is 1. The molecule has 0 saturated heterocycles. The lowest BCUT2D eigenvalue weighted by atomic mass is 10.2. The van der Waals surface area contributed by atoms with Crippen molar-refractivity contribution in [3.05, 3.63) is 24.4 Å². The summed E-state index contributed by atoms with van der Waals surface area (Å²) < 4.78 is 22.1. The Morgan fingerprint density at radius 3 is 2.71 bits per heavy atom. The second-order valence-electron chi connectivity index (χ2n) is 3.72. The topological polar surface area (TPSA) is 96.4 Å². The molecule has 94 valence electrons. The predicted octanol–water partition coefficient (Wildman–Crippen LogP) is 0.239. The molecule has 0 bridgehead atoms. The lowest BCUT2D eigenvalue weighted by Crippen LogP contribution is -2.29. The van der Waals surface area contributed by atoms with Crippen LogP contribution in [0.25, 0.3) is 0 Å². The molecule has 0 aliphatic carbocycles. The molecule has 0 aliphatic rings. The van der Waals surface area contributed by atoms with E-state index in [4.69, 9.17) is 5.11 Å². The van der Waals surface area contributed by atoms with Gasteiger partial charge in [0.25, 0.3) is 0 Å². The Hall–Kier alpha value is -1.63. The number of anilines is 1. The van der Waals surface area contributed by atoms with E-state index < -0.39 is 21.7 Å². The fourth-order valence-corrected chi connectivity index (χ4v) is 2.27. The van der Waals surface area contributed by atoms with Crippen LogP contribution >= 0.6 is 0 Å². The molecule has 0 aromatic carbocycles. The number of sulfone groups is 1. The van der Waals surface area contributed by atoms with Gasteiger partial charge in [-0.2, -0.15) is 0 Å². The largest absolute Gasteiger partial charge is 0.481 e. The quantitative estimate of drug-likeness (QED) is 0.758. The maximum absolute atomic E-state index is 11.1. The molecule has 7 heteroatoms. The fraction of sp³-hybridized carbons (Fsp3) is 0.400. The third-order valence-electron chi connectivity index (χ3n) is 2.05. The molecule has 1 aromatic heterocycles. The Bertz CT molecular complexity index is 472. The van der Waals surface area contributed by atoms with Crippen LogP contribution in [-0.4, -0.2) is 43.0 Å².